The summed E-state index contributed by atoms with van der Waals surface area (Å²) < 4.78 is 31.8. The molecule has 0 radical (unpaired) electrons. The van der Waals surface area contributed by atoms with Crippen LogP contribution in [0.4, 0.5) is 13.6 Å². The summed E-state index contributed by atoms with van der Waals surface area (Å²) >= 11 is 0. The third-order valence-electron chi connectivity index (χ3n) is 3.08. The van der Waals surface area contributed by atoms with E-state index < -0.39 is 30.1 Å². The van der Waals surface area contributed by atoms with E-state index in [1.165, 1.54) is 4.90 Å². The Morgan fingerprint density at radius 1 is 1.44 bits per heavy atom. The van der Waals surface area contributed by atoms with E-state index in [9.17, 15) is 13.6 Å². The van der Waals surface area contributed by atoms with Gasteiger partial charge in [0.05, 0.1) is 6.04 Å². The Morgan fingerprint density at radius 3 is 2.33 bits per heavy atom. The molecule has 0 spiro atoms. The summed E-state index contributed by atoms with van der Waals surface area (Å²) in [5, 5.41) is 0. The largest absolute Gasteiger partial charge is 0.444 e. The van der Waals surface area contributed by atoms with Gasteiger partial charge in [-0.2, -0.15) is 0 Å². The lowest BCUT2D eigenvalue weighted by atomic mass is 9.87. The SMILES string of the molecule is CC(C)(C)OC(=O)N1CCC(F)([C@@H](N)CF)CC1. The van der Waals surface area contributed by atoms with Crippen LogP contribution in [0.25, 0.3) is 0 Å². The highest BCUT2D eigenvalue weighted by Crippen LogP contribution is 2.30. The van der Waals surface area contributed by atoms with Gasteiger partial charge in [-0.1, -0.05) is 0 Å². The number of piperidine rings is 1. The molecule has 0 bridgehead atoms. The Bertz CT molecular complexity index is 297. The van der Waals surface area contributed by atoms with E-state index >= 15 is 0 Å². The molecule has 1 aliphatic rings. The number of ether oxygens (including phenoxy) is 1. The average Bonchev–Trinajstić information content (AvgIpc) is 2.26. The fraction of sp³-hybridized carbons (Fsp3) is 0.917. The molecule has 1 aliphatic heterocycles. The molecule has 0 aromatic rings. The van der Waals surface area contributed by atoms with Gasteiger partial charge in [0.15, 0.2) is 0 Å². The van der Waals surface area contributed by atoms with Crippen molar-refractivity contribution in [2.75, 3.05) is 19.8 Å². The molecule has 4 nitrogen and oxygen atoms in total. The molecule has 0 aromatic carbocycles. The van der Waals surface area contributed by atoms with Crippen molar-refractivity contribution in [3.05, 3.63) is 0 Å². The molecule has 18 heavy (non-hydrogen) atoms. The Labute approximate surface area is 106 Å². The standard InChI is InChI=1S/C12H22F2N2O2/c1-11(2,3)18-10(17)16-6-4-12(14,5-7-16)9(15)8-13/h9H,4-8,15H2,1-3H3/t9-/m0/s1. The minimum atomic E-state index is -1.72. The molecule has 1 fully saturated rings. The number of amides is 1. The Kier molecular flexibility index (Phi) is 4.53. The molecule has 2 N–H and O–H groups in total. The molecular weight excluding hydrogens is 242 g/mol. The van der Waals surface area contributed by atoms with E-state index in [-0.39, 0.29) is 25.9 Å². The van der Waals surface area contributed by atoms with Crippen LogP contribution >= 0.6 is 0 Å². The van der Waals surface area contributed by atoms with Gasteiger partial charge >= 0.3 is 6.09 Å². The second-order valence-corrected chi connectivity index (χ2v) is 5.76. The molecule has 0 aromatic heterocycles. The first kappa shape index (κ1) is 15.1. The first-order valence-corrected chi connectivity index (χ1v) is 6.16. The highest BCUT2D eigenvalue weighted by Gasteiger charge is 2.41. The monoisotopic (exact) mass is 264 g/mol. The molecule has 0 aliphatic carbocycles. The summed E-state index contributed by atoms with van der Waals surface area (Å²) in [6, 6.07) is -1.11. The van der Waals surface area contributed by atoms with Crippen LogP contribution in [-0.2, 0) is 4.74 Å². The average molecular weight is 264 g/mol. The number of likely N-dealkylation sites (tertiary alicyclic amines) is 1. The van der Waals surface area contributed by atoms with Gasteiger partial charge in [-0.05, 0) is 20.8 Å². The molecule has 1 saturated heterocycles. The van der Waals surface area contributed by atoms with Crippen molar-refractivity contribution in [1.29, 1.82) is 0 Å². The minimum absolute atomic E-state index is 0.0529. The quantitative estimate of drug-likeness (QED) is 0.830. The Morgan fingerprint density at radius 2 is 1.94 bits per heavy atom. The molecule has 0 unspecified atom stereocenters. The van der Waals surface area contributed by atoms with Crippen LogP contribution in [0.5, 0.6) is 0 Å². The lowest BCUT2D eigenvalue weighted by Crippen LogP contribution is -2.54. The smallest absolute Gasteiger partial charge is 0.410 e. The van der Waals surface area contributed by atoms with Crippen LogP contribution < -0.4 is 5.73 Å². The number of alkyl halides is 2. The summed E-state index contributed by atoms with van der Waals surface area (Å²) in [6.45, 7) is 4.84. The van der Waals surface area contributed by atoms with E-state index in [0.717, 1.165) is 0 Å². The van der Waals surface area contributed by atoms with Gasteiger partial charge in [0.1, 0.15) is 17.9 Å². The van der Waals surface area contributed by atoms with Gasteiger partial charge in [-0.25, -0.2) is 13.6 Å². The lowest BCUT2D eigenvalue weighted by molar-refractivity contribution is -0.00501. The molecule has 1 rings (SSSR count). The van der Waals surface area contributed by atoms with Gasteiger partial charge in [0.2, 0.25) is 0 Å². The highest BCUT2D eigenvalue weighted by atomic mass is 19.1. The van der Waals surface area contributed by atoms with E-state index in [4.69, 9.17) is 10.5 Å². The maximum atomic E-state index is 14.2. The lowest BCUT2D eigenvalue weighted by Gasteiger charge is -2.39. The van der Waals surface area contributed by atoms with E-state index in [2.05, 4.69) is 0 Å². The van der Waals surface area contributed by atoms with Crippen molar-refractivity contribution in [1.82, 2.24) is 4.90 Å². The minimum Gasteiger partial charge on any atom is -0.444 e. The summed E-state index contributed by atoms with van der Waals surface area (Å²) in [5.41, 5.74) is 3.13. The zero-order valence-electron chi connectivity index (χ0n) is 11.2. The predicted molar refractivity (Wildman–Crippen MR) is 64.8 cm³/mol. The van der Waals surface area contributed by atoms with E-state index in [1.807, 2.05) is 0 Å². The fourth-order valence-corrected chi connectivity index (χ4v) is 1.90. The number of nitrogens with zero attached hydrogens (tertiary/aromatic N) is 1. The van der Waals surface area contributed by atoms with Crippen LogP contribution in [0.2, 0.25) is 0 Å². The summed E-state index contributed by atoms with van der Waals surface area (Å²) in [4.78, 5) is 13.2. The van der Waals surface area contributed by atoms with Crippen molar-refractivity contribution in [2.45, 2.75) is 50.9 Å². The van der Waals surface area contributed by atoms with Gasteiger partial charge in [-0.15, -0.1) is 0 Å². The number of nitrogens with two attached hydrogens (primary N) is 1. The second kappa shape index (κ2) is 5.38. The number of hydrogen-bond acceptors (Lipinski definition) is 3. The summed E-state index contributed by atoms with van der Waals surface area (Å²) in [5.74, 6) is 0. The molecule has 6 heteroatoms. The maximum Gasteiger partial charge on any atom is 0.410 e. The molecule has 1 atom stereocenters. The first-order chi connectivity index (χ1) is 8.18. The molecule has 0 saturated carbocycles. The van der Waals surface area contributed by atoms with Gasteiger partial charge in [0.25, 0.3) is 0 Å². The zero-order chi connectivity index (χ0) is 14.0. The van der Waals surface area contributed by atoms with Gasteiger partial charge in [-0.3, -0.25) is 0 Å². The zero-order valence-corrected chi connectivity index (χ0v) is 11.2. The fourth-order valence-electron chi connectivity index (χ4n) is 1.90. The normalized spacial score (nSPS) is 21.6. The molecule has 1 heterocycles. The molecular formula is C12H22F2N2O2. The number of rotatable bonds is 2. The maximum absolute atomic E-state index is 14.2. The van der Waals surface area contributed by atoms with Crippen LogP contribution in [0, 0.1) is 0 Å². The van der Waals surface area contributed by atoms with Crippen molar-refractivity contribution in [3.8, 4) is 0 Å². The first-order valence-electron chi connectivity index (χ1n) is 6.16. The second-order valence-electron chi connectivity index (χ2n) is 5.76. The Balaban J connectivity index is 2.51. The third kappa shape index (κ3) is 3.80. The number of hydrogen-bond donors (Lipinski definition) is 1. The molecule has 106 valence electrons. The predicted octanol–water partition coefficient (Wildman–Crippen LogP) is 2.02. The van der Waals surface area contributed by atoms with Crippen LogP contribution in [-0.4, -0.2) is 48.1 Å². The van der Waals surface area contributed by atoms with Crippen molar-refractivity contribution in [3.63, 3.8) is 0 Å². The molecule has 1 amide bonds. The Hall–Kier alpha value is -0.910. The summed E-state index contributed by atoms with van der Waals surface area (Å²) in [7, 11) is 0. The third-order valence-corrected chi connectivity index (χ3v) is 3.08. The van der Waals surface area contributed by atoms with Crippen molar-refractivity contribution in [2.24, 2.45) is 5.73 Å². The van der Waals surface area contributed by atoms with E-state index in [0.29, 0.717) is 0 Å². The van der Waals surface area contributed by atoms with Crippen molar-refractivity contribution >= 4 is 6.09 Å². The van der Waals surface area contributed by atoms with Crippen LogP contribution in [0.3, 0.4) is 0 Å². The van der Waals surface area contributed by atoms with Gasteiger partial charge in [0, 0.05) is 25.9 Å². The van der Waals surface area contributed by atoms with Gasteiger partial charge < -0.3 is 15.4 Å². The van der Waals surface area contributed by atoms with E-state index in [1.54, 1.807) is 20.8 Å². The number of halogens is 2. The number of carbonyl (C=O) groups is 1. The van der Waals surface area contributed by atoms with Crippen LogP contribution in [0.1, 0.15) is 33.6 Å². The number of carbonyl (C=O) groups excluding carboxylic acids is 1. The summed E-state index contributed by atoms with van der Waals surface area (Å²) in [6.07, 6.45) is -0.354. The van der Waals surface area contributed by atoms with Crippen LogP contribution in [0.15, 0.2) is 0 Å². The highest BCUT2D eigenvalue weighted by molar-refractivity contribution is 5.68. The van der Waals surface area contributed by atoms with Crippen molar-refractivity contribution < 1.29 is 18.3 Å². The topological polar surface area (TPSA) is 55.6 Å².